The van der Waals surface area contributed by atoms with Crippen LogP contribution in [-0.2, 0) is 11.3 Å². The van der Waals surface area contributed by atoms with Gasteiger partial charge in [0.05, 0.1) is 0 Å². The topological polar surface area (TPSA) is 136 Å². The zero-order valence-electron chi connectivity index (χ0n) is 18.8. The monoisotopic (exact) mass is 458 g/mol. The number of aryl methyl sites for hydroxylation is 1. The minimum absolute atomic E-state index is 0.262. The summed E-state index contributed by atoms with van der Waals surface area (Å²) < 4.78 is 8.06. The fourth-order valence-electron chi connectivity index (χ4n) is 4.04. The Balaban J connectivity index is 1.53. The van der Waals surface area contributed by atoms with E-state index in [1.165, 1.54) is 7.11 Å². The third-order valence-electron chi connectivity index (χ3n) is 5.85. The number of benzene rings is 2. The maximum atomic E-state index is 13.1. The molecular formula is C23H22N8O3. The van der Waals surface area contributed by atoms with Gasteiger partial charge in [0.15, 0.2) is 11.2 Å². The van der Waals surface area contributed by atoms with Crippen LogP contribution in [0.15, 0.2) is 58.1 Å². The van der Waals surface area contributed by atoms with Crippen LogP contribution in [0.1, 0.15) is 24.5 Å². The van der Waals surface area contributed by atoms with Gasteiger partial charge in [0.2, 0.25) is 5.82 Å². The van der Waals surface area contributed by atoms with Gasteiger partial charge < -0.3 is 9.30 Å². The lowest BCUT2D eigenvalue weighted by Gasteiger charge is -2.13. The zero-order valence-corrected chi connectivity index (χ0v) is 18.8. The fraction of sp³-hybridized carbons (Fsp3) is 0.217. The predicted octanol–water partition coefficient (Wildman–Crippen LogP) is 2.26. The van der Waals surface area contributed by atoms with Crippen molar-refractivity contribution >= 4 is 11.2 Å². The number of methoxy groups -OCH3 is 1. The molecule has 2 N–H and O–H groups in total. The number of hydrogen-bond acceptors (Lipinski definition) is 7. The highest BCUT2D eigenvalue weighted by Gasteiger charge is 2.19. The molecule has 0 aliphatic heterocycles. The molecule has 11 heteroatoms. The van der Waals surface area contributed by atoms with Crippen molar-refractivity contribution < 1.29 is 4.74 Å². The van der Waals surface area contributed by atoms with E-state index in [0.717, 1.165) is 26.8 Å². The normalized spacial score (nSPS) is 12.3. The Hall–Kier alpha value is -4.38. The van der Waals surface area contributed by atoms with Crippen LogP contribution in [-0.4, -0.2) is 46.8 Å². The highest BCUT2D eigenvalue weighted by atomic mass is 16.5. The molecule has 0 fully saturated rings. The van der Waals surface area contributed by atoms with Crippen LogP contribution in [0.2, 0.25) is 0 Å². The first-order valence-electron chi connectivity index (χ1n) is 10.6. The van der Waals surface area contributed by atoms with Gasteiger partial charge in [0, 0.05) is 19.2 Å². The van der Waals surface area contributed by atoms with E-state index in [1.807, 2.05) is 48.5 Å². The minimum atomic E-state index is -0.706. The smallest absolute Gasteiger partial charge is 0.332 e. The van der Waals surface area contributed by atoms with E-state index in [0.29, 0.717) is 23.7 Å². The number of fused-ring (bicyclic) bond motifs is 1. The van der Waals surface area contributed by atoms with E-state index in [-0.39, 0.29) is 5.65 Å². The van der Waals surface area contributed by atoms with Crippen molar-refractivity contribution in [3.05, 3.63) is 80.8 Å². The summed E-state index contributed by atoms with van der Waals surface area (Å²) in [7, 11) is 1.45. The molecule has 0 saturated heterocycles. The van der Waals surface area contributed by atoms with E-state index < -0.39 is 17.5 Å². The quantitative estimate of drug-likeness (QED) is 0.398. The molecule has 5 aromatic rings. The maximum absolute atomic E-state index is 13.1. The number of rotatable bonds is 6. The number of aromatic nitrogens is 8. The van der Waals surface area contributed by atoms with Gasteiger partial charge in [-0.2, -0.15) is 5.21 Å². The van der Waals surface area contributed by atoms with Crippen molar-refractivity contribution in [1.29, 1.82) is 0 Å². The van der Waals surface area contributed by atoms with Crippen LogP contribution in [0, 0.1) is 6.92 Å². The molecule has 0 aliphatic rings. The van der Waals surface area contributed by atoms with Crippen molar-refractivity contribution in [2.45, 2.75) is 26.6 Å². The molecule has 5 rings (SSSR count). The second kappa shape index (κ2) is 8.52. The SMILES string of the molecule is COC(C)n1c(=O)[nH]c2nc(C)n(Cc3ccc(-c4ccccc4-c4nn[nH]n4)cc3)c2c1=O. The van der Waals surface area contributed by atoms with Gasteiger partial charge >= 0.3 is 5.69 Å². The van der Waals surface area contributed by atoms with Gasteiger partial charge in [-0.3, -0.25) is 9.78 Å². The van der Waals surface area contributed by atoms with Crippen LogP contribution in [0.5, 0.6) is 0 Å². The van der Waals surface area contributed by atoms with Crippen molar-refractivity contribution in [3.8, 4) is 22.5 Å². The summed E-state index contributed by atoms with van der Waals surface area (Å²) in [6.07, 6.45) is -0.706. The van der Waals surface area contributed by atoms with Crippen LogP contribution in [0.4, 0.5) is 0 Å². The van der Waals surface area contributed by atoms with E-state index in [1.54, 1.807) is 18.4 Å². The molecule has 0 bridgehead atoms. The Kier molecular flexibility index (Phi) is 5.38. The van der Waals surface area contributed by atoms with Gasteiger partial charge in [-0.1, -0.05) is 48.5 Å². The average molecular weight is 458 g/mol. The molecule has 2 aromatic carbocycles. The fourth-order valence-corrected chi connectivity index (χ4v) is 4.04. The molecule has 3 heterocycles. The number of ether oxygens (including phenoxy) is 1. The van der Waals surface area contributed by atoms with E-state index in [9.17, 15) is 9.59 Å². The van der Waals surface area contributed by atoms with Gasteiger partial charge in [-0.25, -0.2) is 14.3 Å². The first-order valence-corrected chi connectivity index (χ1v) is 10.6. The predicted molar refractivity (Wildman–Crippen MR) is 125 cm³/mol. The number of H-pyrrole nitrogens is 2. The van der Waals surface area contributed by atoms with Crippen molar-refractivity contribution in [2.24, 2.45) is 0 Å². The number of nitrogens with zero attached hydrogens (tertiary/aromatic N) is 6. The summed E-state index contributed by atoms with van der Waals surface area (Å²) in [5, 5.41) is 14.3. The molecule has 1 unspecified atom stereocenters. The first-order chi connectivity index (χ1) is 16.5. The summed E-state index contributed by atoms with van der Waals surface area (Å²) in [6.45, 7) is 3.86. The second-order valence-electron chi connectivity index (χ2n) is 7.86. The Morgan fingerprint density at radius 1 is 1.06 bits per heavy atom. The average Bonchev–Trinajstić information content (AvgIpc) is 3.48. The molecule has 1 atom stereocenters. The third kappa shape index (κ3) is 3.61. The molecule has 0 amide bonds. The molecule has 0 aliphatic carbocycles. The number of nitrogens with one attached hydrogen (secondary N) is 2. The summed E-state index contributed by atoms with van der Waals surface area (Å²) in [5.41, 5.74) is 3.41. The summed E-state index contributed by atoms with van der Waals surface area (Å²) in [6, 6.07) is 15.8. The van der Waals surface area contributed by atoms with Crippen molar-refractivity contribution in [2.75, 3.05) is 7.11 Å². The summed E-state index contributed by atoms with van der Waals surface area (Å²) in [4.78, 5) is 32.6. The summed E-state index contributed by atoms with van der Waals surface area (Å²) in [5.74, 6) is 1.15. The van der Waals surface area contributed by atoms with Gasteiger partial charge in [0.25, 0.3) is 5.56 Å². The summed E-state index contributed by atoms with van der Waals surface area (Å²) >= 11 is 0. The lowest BCUT2D eigenvalue weighted by Crippen LogP contribution is -2.38. The number of hydrogen-bond donors (Lipinski definition) is 2. The highest BCUT2D eigenvalue weighted by molar-refractivity contribution is 5.80. The Morgan fingerprint density at radius 2 is 1.79 bits per heavy atom. The Labute approximate surface area is 193 Å². The van der Waals surface area contributed by atoms with E-state index in [2.05, 4.69) is 30.6 Å². The van der Waals surface area contributed by atoms with Crippen LogP contribution in [0.3, 0.4) is 0 Å². The van der Waals surface area contributed by atoms with Gasteiger partial charge in [-0.05, 0) is 35.8 Å². The number of imidazole rings is 1. The lowest BCUT2D eigenvalue weighted by molar-refractivity contribution is 0.0542. The molecule has 34 heavy (non-hydrogen) atoms. The molecular weight excluding hydrogens is 436 g/mol. The zero-order chi connectivity index (χ0) is 23.8. The largest absolute Gasteiger partial charge is 0.361 e. The van der Waals surface area contributed by atoms with E-state index >= 15 is 0 Å². The van der Waals surface area contributed by atoms with E-state index in [4.69, 9.17) is 4.74 Å². The van der Waals surface area contributed by atoms with Crippen LogP contribution >= 0.6 is 0 Å². The van der Waals surface area contributed by atoms with Crippen molar-refractivity contribution in [3.63, 3.8) is 0 Å². The molecule has 3 aromatic heterocycles. The molecule has 0 spiro atoms. The number of tetrazole rings is 1. The van der Waals surface area contributed by atoms with Crippen LogP contribution < -0.4 is 11.2 Å². The van der Waals surface area contributed by atoms with Gasteiger partial charge in [-0.15, -0.1) is 10.2 Å². The van der Waals surface area contributed by atoms with Crippen LogP contribution in [0.25, 0.3) is 33.7 Å². The minimum Gasteiger partial charge on any atom is -0.361 e. The molecule has 0 saturated carbocycles. The highest BCUT2D eigenvalue weighted by Crippen LogP contribution is 2.30. The standard InChI is InChI=1S/C23H22N8O3/c1-13-24-21-19(22(32)31(14(2)34-3)23(33)25-21)30(13)12-15-8-10-16(11-9-15)17-6-4-5-7-18(17)20-26-28-29-27-20/h4-11,14H,12H2,1-3H3,(H,25,33)(H,26,27,28,29). The molecule has 11 nitrogen and oxygen atoms in total. The maximum Gasteiger partial charge on any atom is 0.332 e. The lowest BCUT2D eigenvalue weighted by atomic mass is 9.98. The Bertz CT molecular complexity index is 1580. The second-order valence-corrected chi connectivity index (χ2v) is 7.86. The number of aromatic amines is 2. The third-order valence-corrected chi connectivity index (χ3v) is 5.85. The Morgan fingerprint density at radius 3 is 2.47 bits per heavy atom. The first kappa shape index (κ1) is 21.5. The molecule has 0 radical (unpaired) electrons. The molecule has 172 valence electrons. The van der Waals surface area contributed by atoms with Gasteiger partial charge in [0.1, 0.15) is 12.1 Å². The van der Waals surface area contributed by atoms with Crippen molar-refractivity contribution in [1.82, 2.24) is 39.7 Å².